The maximum absolute atomic E-state index is 11.4. The van der Waals surface area contributed by atoms with Crippen molar-refractivity contribution in [1.82, 2.24) is 10.6 Å². The lowest BCUT2D eigenvalue weighted by Gasteiger charge is -2.05. The second-order valence-corrected chi connectivity index (χ2v) is 4.41. The van der Waals surface area contributed by atoms with Gasteiger partial charge in [-0.15, -0.1) is 0 Å². The first-order valence-corrected chi connectivity index (χ1v) is 6.73. The van der Waals surface area contributed by atoms with Crippen molar-refractivity contribution in [3.05, 3.63) is 35.6 Å². The lowest BCUT2D eigenvalue weighted by molar-refractivity contribution is -0.120. The van der Waals surface area contributed by atoms with Crippen molar-refractivity contribution in [3.8, 4) is 0 Å². The molecule has 1 aromatic heterocycles. The van der Waals surface area contributed by atoms with Crippen molar-refractivity contribution < 1.29 is 9.21 Å². The highest BCUT2D eigenvalue weighted by Gasteiger charge is 2.12. The number of likely N-dealkylation sites (N-methyl/N-ethyl adjacent to an activating group) is 1. The molecule has 0 radical (unpaired) electrons. The van der Waals surface area contributed by atoms with Crippen LogP contribution in [0.2, 0.25) is 0 Å². The number of hydrogen-bond acceptors (Lipinski definition) is 3. The van der Waals surface area contributed by atoms with E-state index in [2.05, 4.69) is 23.6 Å². The molecule has 0 unspecified atom stereocenters. The van der Waals surface area contributed by atoms with Crippen molar-refractivity contribution in [2.75, 3.05) is 13.1 Å². The van der Waals surface area contributed by atoms with E-state index in [1.165, 1.54) is 0 Å². The number of para-hydroxylation sites is 1. The summed E-state index contributed by atoms with van der Waals surface area (Å²) in [6, 6.07) is 8.00. The number of nitrogens with one attached hydrogen (secondary N) is 2. The molecule has 2 rings (SSSR count). The van der Waals surface area contributed by atoms with Crippen LogP contribution in [0.15, 0.2) is 28.7 Å². The lowest BCUT2D eigenvalue weighted by atomic mass is 10.1. The topological polar surface area (TPSA) is 54.3 Å². The normalized spacial score (nSPS) is 10.8. The summed E-state index contributed by atoms with van der Waals surface area (Å²) >= 11 is 0. The molecule has 19 heavy (non-hydrogen) atoms. The predicted octanol–water partition coefficient (Wildman–Crippen LogP) is 2.22. The quantitative estimate of drug-likeness (QED) is 0.837. The molecule has 0 aliphatic carbocycles. The van der Waals surface area contributed by atoms with Crippen molar-refractivity contribution >= 4 is 16.9 Å². The monoisotopic (exact) mass is 260 g/mol. The molecule has 2 aromatic rings. The van der Waals surface area contributed by atoms with Crippen LogP contribution in [0.4, 0.5) is 0 Å². The first-order chi connectivity index (χ1) is 9.26. The summed E-state index contributed by atoms with van der Waals surface area (Å²) in [6.07, 6.45) is 0.854. The Labute approximate surface area is 113 Å². The van der Waals surface area contributed by atoms with E-state index in [9.17, 15) is 4.79 Å². The van der Waals surface area contributed by atoms with E-state index in [0.717, 1.165) is 28.7 Å². The number of amides is 1. The fraction of sp³-hybridized carbons (Fsp3) is 0.400. The molecule has 4 nitrogen and oxygen atoms in total. The van der Waals surface area contributed by atoms with Crippen LogP contribution in [-0.2, 0) is 17.8 Å². The summed E-state index contributed by atoms with van der Waals surface area (Å²) in [6.45, 7) is 5.63. The van der Waals surface area contributed by atoms with E-state index in [1.54, 1.807) is 0 Å². The van der Waals surface area contributed by atoms with Gasteiger partial charge in [-0.1, -0.05) is 25.1 Å². The molecule has 4 heteroatoms. The minimum atomic E-state index is 0.0216. The highest BCUT2D eigenvalue weighted by Crippen LogP contribution is 2.25. The van der Waals surface area contributed by atoms with Crippen LogP contribution < -0.4 is 10.6 Å². The highest BCUT2D eigenvalue weighted by atomic mass is 16.3. The van der Waals surface area contributed by atoms with Gasteiger partial charge < -0.3 is 15.1 Å². The number of hydrogen-bond donors (Lipinski definition) is 2. The molecule has 1 aromatic carbocycles. The van der Waals surface area contributed by atoms with Crippen molar-refractivity contribution in [1.29, 1.82) is 0 Å². The van der Waals surface area contributed by atoms with Crippen LogP contribution in [0, 0.1) is 0 Å². The van der Waals surface area contributed by atoms with Gasteiger partial charge in [-0.2, -0.15) is 0 Å². The molecule has 0 saturated carbocycles. The summed E-state index contributed by atoms with van der Waals surface area (Å²) in [5.41, 5.74) is 2.07. The first kappa shape index (κ1) is 13.6. The SMILES string of the molecule is CCNC(=O)CNCc1c(CC)oc2ccccc12. The molecule has 1 amide bonds. The summed E-state index contributed by atoms with van der Waals surface area (Å²) in [5.74, 6) is 1.01. The minimum absolute atomic E-state index is 0.0216. The summed E-state index contributed by atoms with van der Waals surface area (Å²) in [7, 11) is 0. The summed E-state index contributed by atoms with van der Waals surface area (Å²) in [4.78, 5) is 11.4. The Morgan fingerprint density at radius 1 is 1.26 bits per heavy atom. The van der Waals surface area contributed by atoms with Gasteiger partial charge in [-0.05, 0) is 13.0 Å². The van der Waals surface area contributed by atoms with Crippen molar-refractivity contribution in [2.45, 2.75) is 26.8 Å². The molecule has 0 aliphatic rings. The van der Waals surface area contributed by atoms with Crippen LogP contribution in [0.5, 0.6) is 0 Å². The molecule has 0 bridgehead atoms. The number of aryl methyl sites for hydroxylation is 1. The number of furan rings is 1. The zero-order chi connectivity index (χ0) is 13.7. The highest BCUT2D eigenvalue weighted by molar-refractivity contribution is 5.82. The van der Waals surface area contributed by atoms with Gasteiger partial charge >= 0.3 is 0 Å². The largest absolute Gasteiger partial charge is 0.461 e. The third kappa shape index (κ3) is 3.15. The first-order valence-electron chi connectivity index (χ1n) is 6.73. The van der Waals surface area contributed by atoms with Crippen molar-refractivity contribution in [2.24, 2.45) is 0 Å². The third-order valence-electron chi connectivity index (χ3n) is 3.06. The number of fused-ring (bicyclic) bond motifs is 1. The minimum Gasteiger partial charge on any atom is -0.461 e. The molecule has 0 fully saturated rings. The number of carbonyl (C=O) groups is 1. The molecular weight excluding hydrogens is 240 g/mol. The van der Waals surface area contributed by atoms with Gasteiger partial charge in [-0.3, -0.25) is 4.79 Å². The van der Waals surface area contributed by atoms with Gasteiger partial charge in [0, 0.05) is 30.5 Å². The Hall–Kier alpha value is -1.81. The van der Waals surface area contributed by atoms with Gasteiger partial charge in [0.05, 0.1) is 6.54 Å². The van der Waals surface area contributed by atoms with E-state index in [1.807, 2.05) is 25.1 Å². The maximum atomic E-state index is 11.4. The molecule has 0 saturated heterocycles. The second-order valence-electron chi connectivity index (χ2n) is 4.41. The van der Waals surface area contributed by atoms with E-state index >= 15 is 0 Å². The van der Waals surface area contributed by atoms with Crippen LogP contribution in [0.1, 0.15) is 25.2 Å². The van der Waals surface area contributed by atoms with Crippen LogP contribution in [0.3, 0.4) is 0 Å². The van der Waals surface area contributed by atoms with Crippen LogP contribution in [0.25, 0.3) is 11.0 Å². The standard InChI is InChI=1S/C15H20N2O2/c1-3-13-12(9-16-10-15(18)17-4-2)11-7-5-6-8-14(11)19-13/h5-8,16H,3-4,9-10H2,1-2H3,(H,17,18). The Kier molecular flexibility index (Phi) is 4.58. The fourth-order valence-electron chi connectivity index (χ4n) is 2.19. The Morgan fingerprint density at radius 2 is 2.05 bits per heavy atom. The summed E-state index contributed by atoms with van der Waals surface area (Å²) in [5, 5.41) is 7.06. The van der Waals surface area contributed by atoms with E-state index < -0.39 is 0 Å². The van der Waals surface area contributed by atoms with Crippen LogP contribution >= 0.6 is 0 Å². The van der Waals surface area contributed by atoms with E-state index in [4.69, 9.17) is 4.42 Å². The smallest absolute Gasteiger partial charge is 0.233 e. The van der Waals surface area contributed by atoms with Gasteiger partial charge in [0.15, 0.2) is 0 Å². The van der Waals surface area contributed by atoms with Gasteiger partial charge in [0.25, 0.3) is 0 Å². The molecule has 0 atom stereocenters. The van der Waals surface area contributed by atoms with Gasteiger partial charge in [0.2, 0.25) is 5.91 Å². The van der Waals surface area contributed by atoms with Crippen LogP contribution in [-0.4, -0.2) is 19.0 Å². The zero-order valence-corrected chi connectivity index (χ0v) is 11.5. The Bertz CT molecular complexity index is 560. The Balaban J connectivity index is 2.09. The Morgan fingerprint density at radius 3 is 2.79 bits per heavy atom. The number of carbonyl (C=O) groups excluding carboxylic acids is 1. The summed E-state index contributed by atoms with van der Waals surface area (Å²) < 4.78 is 5.81. The molecule has 102 valence electrons. The average molecular weight is 260 g/mol. The number of benzene rings is 1. The second kappa shape index (κ2) is 6.38. The zero-order valence-electron chi connectivity index (χ0n) is 11.5. The maximum Gasteiger partial charge on any atom is 0.233 e. The van der Waals surface area contributed by atoms with E-state index in [-0.39, 0.29) is 5.91 Å². The lowest BCUT2D eigenvalue weighted by Crippen LogP contribution is -2.33. The van der Waals surface area contributed by atoms with E-state index in [0.29, 0.717) is 19.6 Å². The van der Waals surface area contributed by atoms with Crippen molar-refractivity contribution in [3.63, 3.8) is 0 Å². The fourth-order valence-corrected chi connectivity index (χ4v) is 2.19. The number of rotatable bonds is 6. The molecular formula is C15H20N2O2. The van der Waals surface area contributed by atoms with Gasteiger partial charge in [0.1, 0.15) is 11.3 Å². The molecule has 1 heterocycles. The molecule has 0 spiro atoms. The predicted molar refractivity (Wildman–Crippen MR) is 76.0 cm³/mol. The average Bonchev–Trinajstić information content (AvgIpc) is 2.77. The van der Waals surface area contributed by atoms with Gasteiger partial charge in [-0.25, -0.2) is 0 Å². The molecule has 0 aliphatic heterocycles. The molecule has 2 N–H and O–H groups in total. The third-order valence-corrected chi connectivity index (χ3v) is 3.06.